The van der Waals surface area contributed by atoms with E-state index in [1.54, 1.807) is 4.90 Å². The van der Waals surface area contributed by atoms with E-state index in [0.29, 0.717) is 5.56 Å². The zero-order valence-electron chi connectivity index (χ0n) is 14.9. The first-order valence-electron chi connectivity index (χ1n) is 9.43. The molecule has 1 heterocycles. The summed E-state index contributed by atoms with van der Waals surface area (Å²) in [5.41, 5.74) is 4.02. The van der Waals surface area contributed by atoms with Gasteiger partial charge < -0.3 is 5.32 Å². The highest BCUT2D eigenvalue weighted by Crippen LogP contribution is 2.37. The van der Waals surface area contributed by atoms with Crippen LogP contribution in [-0.4, -0.2) is 18.4 Å². The van der Waals surface area contributed by atoms with Crippen LogP contribution in [0.5, 0.6) is 0 Å². The van der Waals surface area contributed by atoms with Gasteiger partial charge in [-0.15, -0.1) is 0 Å². The molecule has 1 atom stereocenters. The fraction of sp³-hybridized carbons (Fsp3) is 0.217. The number of fused-ring (bicyclic) bond motifs is 1. The lowest BCUT2D eigenvalue weighted by Gasteiger charge is -2.27. The van der Waals surface area contributed by atoms with Crippen LogP contribution < -0.4 is 10.2 Å². The lowest BCUT2D eigenvalue weighted by molar-refractivity contribution is -0.120. The molecule has 134 valence electrons. The lowest BCUT2D eigenvalue weighted by Crippen LogP contribution is -2.41. The van der Waals surface area contributed by atoms with Crippen LogP contribution in [0.25, 0.3) is 10.8 Å². The van der Waals surface area contributed by atoms with Crippen molar-refractivity contribution in [2.24, 2.45) is 0 Å². The number of hydrogen-bond donors (Lipinski definition) is 1. The third kappa shape index (κ3) is 2.60. The van der Waals surface area contributed by atoms with Crippen LogP contribution in [0, 0.1) is 0 Å². The molecular weight excluding hydrogens is 336 g/mol. The lowest BCUT2D eigenvalue weighted by atomic mass is 9.88. The second-order valence-electron chi connectivity index (χ2n) is 7.28. The molecule has 0 radical (unpaired) electrons. The van der Waals surface area contributed by atoms with Crippen LogP contribution in [0.15, 0.2) is 60.7 Å². The predicted molar refractivity (Wildman–Crippen MR) is 106 cm³/mol. The molecule has 0 spiro atoms. The Morgan fingerprint density at radius 3 is 2.74 bits per heavy atom. The first kappa shape index (κ1) is 16.1. The smallest absolute Gasteiger partial charge is 0.259 e. The fourth-order valence-corrected chi connectivity index (χ4v) is 4.42. The van der Waals surface area contributed by atoms with E-state index in [4.69, 9.17) is 0 Å². The molecule has 0 bridgehead atoms. The van der Waals surface area contributed by atoms with Gasteiger partial charge in [-0.25, -0.2) is 0 Å². The largest absolute Gasteiger partial charge is 0.348 e. The monoisotopic (exact) mass is 356 g/mol. The molecule has 3 aromatic rings. The van der Waals surface area contributed by atoms with Gasteiger partial charge in [-0.1, -0.05) is 48.5 Å². The normalized spacial score (nSPS) is 17.9. The molecule has 0 saturated heterocycles. The molecule has 2 amide bonds. The molecule has 1 aliphatic heterocycles. The third-order valence-corrected chi connectivity index (χ3v) is 5.66. The Hall–Kier alpha value is -3.14. The van der Waals surface area contributed by atoms with Crippen LogP contribution in [0.2, 0.25) is 0 Å². The zero-order chi connectivity index (χ0) is 18.4. The van der Waals surface area contributed by atoms with Gasteiger partial charge in [0, 0.05) is 10.9 Å². The van der Waals surface area contributed by atoms with Crippen LogP contribution >= 0.6 is 0 Å². The van der Waals surface area contributed by atoms with Crippen molar-refractivity contribution < 1.29 is 9.59 Å². The number of anilines is 1. The molecular formula is C23H20N2O2. The molecule has 0 unspecified atom stereocenters. The molecule has 2 aliphatic rings. The van der Waals surface area contributed by atoms with E-state index in [-0.39, 0.29) is 24.4 Å². The first-order chi connectivity index (χ1) is 13.2. The van der Waals surface area contributed by atoms with Crippen molar-refractivity contribution in [3.05, 3.63) is 77.4 Å². The maximum atomic E-state index is 12.8. The average molecular weight is 356 g/mol. The molecule has 4 nitrogen and oxygen atoms in total. The van der Waals surface area contributed by atoms with Crippen molar-refractivity contribution in [3.8, 4) is 0 Å². The number of nitrogens with one attached hydrogen (secondary N) is 1. The molecule has 1 aliphatic carbocycles. The van der Waals surface area contributed by atoms with Crippen molar-refractivity contribution in [3.63, 3.8) is 0 Å². The van der Waals surface area contributed by atoms with Gasteiger partial charge in [-0.2, -0.15) is 0 Å². The zero-order valence-corrected chi connectivity index (χ0v) is 14.9. The molecule has 5 rings (SSSR count). The number of carbonyl (C=O) groups is 2. The van der Waals surface area contributed by atoms with E-state index in [0.717, 1.165) is 35.7 Å². The molecule has 0 saturated carbocycles. The van der Waals surface area contributed by atoms with E-state index < -0.39 is 0 Å². The van der Waals surface area contributed by atoms with Gasteiger partial charge in [0.1, 0.15) is 6.54 Å². The van der Waals surface area contributed by atoms with Crippen LogP contribution in [0.3, 0.4) is 0 Å². The Morgan fingerprint density at radius 2 is 1.85 bits per heavy atom. The summed E-state index contributed by atoms with van der Waals surface area (Å²) in [6.07, 6.45) is 3.06. The molecule has 27 heavy (non-hydrogen) atoms. The van der Waals surface area contributed by atoms with Crippen molar-refractivity contribution in [2.75, 3.05) is 11.4 Å². The van der Waals surface area contributed by atoms with Crippen molar-refractivity contribution >= 4 is 28.3 Å². The number of benzene rings is 3. The summed E-state index contributed by atoms with van der Waals surface area (Å²) < 4.78 is 0. The van der Waals surface area contributed by atoms with Crippen LogP contribution in [0.4, 0.5) is 5.69 Å². The number of hydrogen-bond acceptors (Lipinski definition) is 2. The number of nitrogens with zero attached hydrogens (tertiary/aromatic N) is 1. The molecule has 3 aromatic carbocycles. The summed E-state index contributed by atoms with van der Waals surface area (Å²) in [7, 11) is 0. The highest BCUT2D eigenvalue weighted by Gasteiger charge is 2.31. The van der Waals surface area contributed by atoms with Crippen molar-refractivity contribution in [2.45, 2.75) is 25.3 Å². The molecule has 0 aromatic heterocycles. The first-order valence-corrected chi connectivity index (χ1v) is 9.43. The van der Waals surface area contributed by atoms with Gasteiger partial charge in [0.25, 0.3) is 5.91 Å². The predicted octanol–water partition coefficient (Wildman–Crippen LogP) is 3.99. The van der Waals surface area contributed by atoms with E-state index in [2.05, 4.69) is 17.4 Å². The fourth-order valence-electron chi connectivity index (χ4n) is 4.42. The van der Waals surface area contributed by atoms with Gasteiger partial charge in [0.2, 0.25) is 5.91 Å². The summed E-state index contributed by atoms with van der Waals surface area (Å²) >= 11 is 0. The highest BCUT2D eigenvalue weighted by atomic mass is 16.2. The number of amides is 2. The second kappa shape index (κ2) is 6.23. The van der Waals surface area contributed by atoms with Crippen LogP contribution in [0.1, 0.15) is 40.4 Å². The SMILES string of the molecule is O=C(CN1C(=O)c2cccc3cccc1c23)N[C@H]1CCCc2ccccc21. The minimum Gasteiger partial charge on any atom is -0.348 e. The molecule has 1 N–H and O–H groups in total. The summed E-state index contributed by atoms with van der Waals surface area (Å²) in [5.74, 6) is -0.212. The summed E-state index contributed by atoms with van der Waals surface area (Å²) in [6, 6.07) is 19.9. The van der Waals surface area contributed by atoms with Gasteiger partial charge in [0.05, 0.1) is 11.7 Å². The molecule has 4 heteroatoms. The van der Waals surface area contributed by atoms with Crippen molar-refractivity contribution in [1.29, 1.82) is 0 Å². The van der Waals surface area contributed by atoms with Gasteiger partial charge in [-0.3, -0.25) is 14.5 Å². The van der Waals surface area contributed by atoms with Crippen LogP contribution in [-0.2, 0) is 11.2 Å². The Balaban J connectivity index is 1.39. The summed E-state index contributed by atoms with van der Waals surface area (Å²) in [4.78, 5) is 27.2. The maximum absolute atomic E-state index is 12.8. The summed E-state index contributed by atoms with van der Waals surface area (Å²) in [5, 5.41) is 5.12. The van der Waals surface area contributed by atoms with Gasteiger partial charge in [0.15, 0.2) is 0 Å². The standard InChI is InChI=1S/C23H20N2O2/c26-21(24-19-12-4-7-15-6-1-2-10-17(15)19)14-25-20-13-5-9-16-8-3-11-18(22(16)20)23(25)27/h1-3,5-6,8-11,13,19H,4,7,12,14H2,(H,24,26)/t19-/m0/s1. The molecule has 0 fully saturated rings. The Labute approximate surface area is 157 Å². The minimum absolute atomic E-state index is 0.0262. The van der Waals surface area contributed by atoms with E-state index >= 15 is 0 Å². The Kier molecular flexibility index (Phi) is 3.71. The minimum atomic E-state index is -0.116. The Bertz CT molecular complexity index is 1070. The van der Waals surface area contributed by atoms with E-state index in [9.17, 15) is 9.59 Å². The quantitative estimate of drug-likeness (QED) is 0.771. The summed E-state index contributed by atoms with van der Waals surface area (Å²) in [6.45, 7) is 0.0469. The highest BCUT2D eigenvalue weighted by molar-refractivity contribution is 6.26. The number of aryl methyl sites for hydroxylation is 1. The topological polar surface area (TPSA) is 49.4 Å². The maximum Gasteiger partial charge on any atom is 0.259 e. The van der Waals surface area contributed by atoms with Gasteiger partial charge in [-0.05, 0) is 47.9 Å². The number of rotatable bonds is 3. The average Bonchev–Trinajstić information content (AvgIpc) is 2.96. The Morgan fingerprint density at radius 1 is 1.04 bits per heavy atom. The third-order valence-electron chi connectivity index (χ3n) is 5.66. The second-order valence-corrected chi connectivity index (χ2v) is 7.28. The van der Waals surface area contributed by atoms with E-state index in [1.165, 1.54) is 11.1 Å². The van der Waals surface area contributed by atoms with E-state index in [1.807, 2.05) is 48.5 Å². The number of carbonyl (C=O) groups excluding carboxylic acids is 2. The van der Waals surface area contributed by atoms with Crippen molar-refractivity contribution in [1.82, 2.24) is 5.32 Å². The van der Waals surface area contributed by atoms with Gasteiger partial charge >= 0.3 is 0 Å².